The maximum absolute atomic E-state index is 12.2. The van der Waals surface area contributed by atoms with E-state index in [0.29, 0.717) is 6.42 Å². The fraction of sp³-hybridized carbons (Fsp3) is 0.316. The van der Waals surface area contributed by atoms with Gasteiger partial charge in [0, 0.05) is 13.0 Å². The molecule has 1 amide bonds. The van der Waals surface area contributed by atoms with E-state index in [1.54, 1.807) is 30.3 Å². The lowest BCUT2D eigenvalue weighted by Crippen LogP contribution is -2.33. The number of carbonyl (C=O) groups excluding carboxylic acids is 1. The number of nitrogens with one attached hydrogen (secondary N) is 1. The van der Waals surface area contributed by atoms with E-state index in [1.807, 2.05) is 44.2 Å². The number of rotatable bonds is 7. The van der Waals surface area contributed by atoms with Gasteiger partial charge in [-0.3, -0.25) is 4.79 Å². The number of sulfone groups is 1. The van der Waals surface area contributed by atoms with E-state index in [9.17, 15) is 13.2 Å². The molecule has 0 spiro atoms. The number of amides is 1. The fourth-order valence-electron chi connectivity index (χ4n) is 2.53. The van der Waals surface area contributed by atoms with Gasteiger partial charge in [-0.25, -0.2) is 8.42 Å². The monoisotopic (exact) mass is 345 g/mol. The molecule has 0 atom stereocenters. The smallest absolute Gasteiger partial charge is 0.220 e. The summed E-state index contributed by atoms with van der Waals surface area (Å²) in [6.07, 6.45) is 0.308. The lowest BCUT2D eigenvalue weighted by molar-refractivity contribution is -0.122. The summed E-state index contributed by atoms with van der Waals surface area (Å²) in [5, 5.41) is 2.72. The van der Waals surface area contributed by atoms with Crippen LogP contribution in [0.2, 0.25) is 0 Å². The van der Waals surface area contributed by atoms with Gasteiger partial charge in [0.15, 0.2) is 9.84 Å². The van der Waals surface area contributed by atoms with E-state index in [-0.39, 0.29) is 28.5 Å². The fourth-order valence-corrected chi connectivity index (χ4v) is 3.70. The Hall–Kier alpha value is -2.14. The van der Waals surface area contributed by atoms with Crippen molar-refractivity contribution in [3.05, 3.63) is 66.2 Å². The first-order valence-electron chi connectivity index (χ1n) is 7.91. The third kappa shape index (κ3) is 4.93. The first-order chi connectivity index (χ1) is 11.3. The number of hydrogen-bond acceptors (Lipinski definition) is 3. The summed E-state index contributed by atoms with van der Waals surface area (Å²) >= 11 is 0. The van der Waals surface area contributed by atoms with Gasteiger partial charge in [-0.15, -0.1) is 0 Å². The molecule has 128 valence electrons. The molecule has 0 saturated carbocycles. The molecule has 0 saturated heterocycles. The topological polar surface area (TPSA) is 63.2 Å². The predicted octanol–water partition coefficient (Wildman–Crippen LogP) is 2.94. The summed E-state index contributed by atoms with van der Waals surface area (Å²) in [4.78, 5) is 12.4. The molecule has 2 aromatic carbocycles. The van der Waals surface area contributed by atoms with Gasteiger partial charge in [0.25, 0.3) is 0 Å². The van der Waals surface area contributed by atoms with E-state index in [1.165, 1.54) is 0 Å². The molecule has 0 unspecified atom stereocenters. The minimum Gasteiger partial charge on any atom is -0.355 e. The summed E-state index contributed by atoms with van der Waals surface area (Å²) in [6, 6.07) is 18.1. The van der Waals surface area contributed by atoms with E-state index in [2.05, 4.69) is 5.32 Å². The van der Waals surface area contributed by atoms with Gasteiger partial charge < -0.3 is 5.32 Å². The van der Waals surface area contributed by atoms with Crippen LogP contribution in [-0.4, -0.2) is 26.6 Å². The third-order valence-electron chi connectivity index (χ3n) is 3.95. The molecular formula is C19H23NO3S. The Balaban J connectivity index is 1.88. The molecule has 0 aliphatic carbocycles. The van der Waals surface area contributed by atoms with E-state index in [0.717, 1.165) is 5.56 Å². The Kier molecular flexibility index (Phi) is 5.78. The lowest BCUT2D eigenvalue weighted by Gasteiger charge is -2.24. The largest absolute Gasteiger partial charge is 0.355 e. The van der Waals surface area contributed by atoms with Crippen molar-refractivity contribution in [2.75, 3.05) is 12.3 Å². The summed E-state index contributed by atoms with van der Waals surface area (Å²) < 4.78 is 24.3. The van der Waals surface area contributed by atoms with Gasteiger partial charge in [-0.1, -0.05) is 62.4 Å². The minimum atomic E-state index is -3.37. The van der Waals surface area contributed by atoms with E-state index in [4.69, 9.17) is 0 Å². The molecule has 0 aromatic heterocycles. The zero-order chi connectivity index (χ0) is 17.6. The van der Waals surface area contributed by atoms with Crippen molar-refractivity contribution in [2.24, 2.45) is 0 Å². The maximum atomic E-state index is 12.2. The SMILES string of the molecule is CC(C)(CC(=O)NCCS(=O)(=O)c1ccccc1)c1ccccc1. The third-order valence-corrected chi connectivity index (χ3v) is 5.69. The molecule has 0 fully saturated rings. The second-order valence-corrected chi connectivity index (χ2v) is 8.52. The van der Waals surface area contributed by atoms with Crippen molar-refractivity contribution in [3.63, 3.8) is 0 Å². The molecule has 4 nitrogen and oxygen atoms in total. The number of benzene rings is 2. The Morgan fingerprint density at radius 1 is 0.958 bits per heavy atom. The highest BCUT2D eigenvalue weighted by Gasteiger charge is 2.24. The molecule has 0 aliphatic heterocycles. The average Bonchev–Trinajstić information content (AvgIpc) is 2.56. The Morgan fingerprint density at radius 3 is 2.08 bits per heavy atom. The Morgan fingerprint density at radius 2 is 1.50 bits per heavy atom. The molecule has 1 N–H and O–H groups in total. The number of carbonyl (C=O) groups is 1. The maximum Gasteiger partial charge on any atom is 0.220 e. The van der Waals surface area contributed by atoms with Crippen molar-refractivity contribution in [3.8, 4) is 0 Å². The van der Waals surface area contributed by atoms with Crippen LogP contribution in [0.15, 0.2) is 65.6 Å². The highest BCUT2D eigenvalue weighted by Crippen LogP contribution is 2.26. The van der Waals surface area contributed by atoms with E-state index >= 15 is 0 Å². The quantitative estimate of drug-likeness (QED) is 0.839. The van der Waals surface area contributed by atoms with Gasteiger partial charge in [-0.2, -0.15) is 0 Å². The van der Waals surface area contributed by atoms with Gasteiger partial charge in [-0.05, 0) is 23.1 Å². The van der Waals surface area contributed by atoms with Crippen LogP contribution in [0.25, 0.3) is 0 Å². The molecule has 0 heterocycles. The summed E-state index contributed by atoms with van der Waals surface area (Å²) in [5.74, 6) is -0.249. The molecule has 0 aliphatic rings. The molecule has 0 radical (unpaired) electrons. The summed E-state index contributed by atoms with van der Waals surface area (Å²) in [7, 11) is -3.37. The Labute approximate surface area is 143 Å². The van der Waals surface area contributed by atoms with Crippen LogP contribution in [0, 0.1) is 0 Å². The predicted molar refractivity (Wildman–Crippen MR) is 95.6 cm³/mol. The van der Waals surface area contributed by atoms with Crippen LogP contribution in [0.4, 0.5) is 0 Å². The first-order valence-corrected chi connectivity index (χ1v) is 9.56. The standard InChI is InChI=1S/C19H23NO3S/c1-19(2,16-9-5-3-6-10-16)15-18(21)20-13-14-24(22,23)17-11-7-4-8-12-17/h3-12H,13-15H2,1-2H3,(H,20,21). The van der Waals surface area contributed by atoms with Crippen molar-refractivity contribution in [1.82, 2.24) is 5.32 Å². The normalized spacial score (nSPS) is 11.9. The van der Waals surface area contributed by atoms with Gasteiger partial charge in [0.1, 0.15) is 0 Å². The first kappa shape index (κ1) is 18.2. The minimum absolute atomic E-state index is 0.103. The van der Waals surface area contributed by atoms with Crippen LogP contribution < -0.4 is 5.32 Å². The number of hydrogen-bond donors (Lipinski definition) is 1. The summed E-state index contributed by atoms with van der Waals surface area (Å²) in [5.41, 5.74) is 0.779. The lowest BCUT2D eigenvalue weighted by atomic mass is 9.81. The average molecular weight is 345 g/mol. The highest BCUT2D eigenvalue weighted by atomic mass is 32.2. The van der Waals surface area contributed by atoms with E-state index < -0.39 is 9.84 Å². The van der Waals surface area contributed by atoms with Gasteiger partial charge in [0.05, 0.1) is 10.6 Å². The van der Waals surface area contributed by atoms with Gasteiger partial charge >= 0.3 is 0 Å². The van der Waals surface area contributed by atoms with Crippen LogP contribution in [0.1, 0.15) is 25.8 Å². The molecule has 2 aromatic rings. The van der Waals surface area contributed by atoms with Gasteiger partial charge in [0.2, 0.25) is 5.91 Å². The van der Waals surface area contributed by atoms with Crippen molar-refractivity contribution < 1.29 is 13.2 Å². The molecular weight excluding hydrogens is 322 g/mol. The molecule has 5 heteroatoms. The van der Waals surface area contributed by atoms with Crippen LogP contribution in [0.3, 0.4) is 0 Å². The van der Waals surface area contributed by atoms with Crippen molar-refractivity contribution >= 4 is 15.7 Å². The second-order valence-electron chi connectivity index (χ2n) is 6.41. The second kappa shape index (κ2) is 7.62. The van der Waals surface area contributed by atoms with Crippen LogP contribution in [-0.2, 0) is 20.0 Å². The summed E-state index contributed by atoms with van der Waals surface area (Å²) in [6.45, 7) is 4.12. The molecule has 2 rings (SSSR count). The van der Waals surface area contributed by atoms with Crippen LogP contribution in [0.5, 0.6) is 0 Å². The van der Waals surface area contributed by atoms with Crippen molar-refractivity contribution in [2.45, 2.75) is 30.6 Å². The zero-order valence-electron chi connectivity index (χ0n) is 14.0. The molecule has 24 heavy (non-hydrogen) atoms. The zero-order valence-corrected chi connectivity index (χ0v) is 14.8. The Bertz CT molecular complexity index is 769. The van der Waals surface area contributed by atoms with Crippen LogP contribution >= 0.6 is 0 Å². The highest BCUT2D eigenvalue weighted by molar-refractivity contribution is 7.91. The molecule has 0 bridgehead atoms. The van der Waals surface area contributed by atoms with Crippen molar-refractivity contribution in [1.29, 1.82) is 0 Å².